The van der Waals surface area contributed by atoms with Crippen molar-refractivity contribution in [2.75, 3.05) is 33.2 Å². The molecule has 0 aromatic carbocycles. The molecule has 0 aromatic rings. The molecule has 2 aliphatic rings. The van der Waals surface area contributed by atoms with Gasteiger partial charge in [-0.2, -0.15) is 12.7 Å². The van der Waals surface area contributed by atoms with Crippen LogP contribution < -0.4 is 10.0 Å². The van der Waals surface area contributed by atoms with E-state index in [1.54, 1.807) is 4.31 Å². The van der Waals surface area contributed by atoms with Gasteiger partial charge in [0.2, 0.25) is 0 Å². The molecule has 1 unspecified atom stereocenters. The second-order valence-corrected chi connectivity index (χ2v) is 6.80. The van der Waals surface area contributed by atoms with Crippen molar-refractivity contribution in [3.63, 3.8) is 0 Å². The van der Waals surface area contributed by atoms with Crippen molar-refractivity contribution in [1.29, 1.82) is 0 Å². The first-order valence-corrected chi connectivity index (χ1v) is 7.41. The summed E-state index contributed by atoms with van der Waals surface area (Å²) >= 11 is 0. The summed E-state index contributed by atoms with van der Waals surface area (Å²) in [6.07, 6.45) is 4.43. The van der Waals surface area contributed by atoms with Crippen LogP contribution in [0.2, 0.25) is 0 Å². The fourth-order valence-corrected chi connectivity index (χ4v) is 3.95. The smallest absolute Gasteiger partial charge is 0.279 e. The van der Waals surface area contributed by atoms with E-state index in [-0.39, 0.29) is 5.41 Å². The van der Waals surface area contributed by atoms with Crippen molar-refractivity contribution in [2.45, 2.75) is 25.7 Å². The van der Waals surface area contributed by atoms with E-state index in [1.807, 2.05) is 0 Å². The average molecular weight is 247 g/mol. The monoisotopic (exact) mass is 247 g/mol. The van der Waals surface area contributed by atoms with E-state index in [0.29, 0.717) is 13.1 Å². The van der Waals surface area contributed by atoms with Gasteiger partial charge in [-0.15, -0.1) is 0 Å². The van der Waals surface area contributed by atoms with Gasteiger partial charge in [0.25, 0.3) is 10.2 Å². The van der Waals surface area contributed by atoms with Gasteiger partial charge in [-0.1, -0.05) is 0 Å². The van der Waals surface area contributed by atoms with Crippen molar-refractivity contribution in [1.82, 2.24) is 14.3 Å². The van der Waals surface area contributed by atoms with Crippen LogP contribution in [0, 0.1) is 5.41 Å². The molecule has 2 saturated heterocycles. The van der Waals surface area contributed by atoms with Crippen LogP contribution in [0.25, 0.3) is 0 Å². The standard InChI is InChI=1S/C10H21N3O2S/c1-11-16(14,15)13-7-3-5-10(9-13)4-2-6-12-8-10/h11-12H,2-9H2,1H3. The van der Waals surface area contributed by atoms with E-state index in [4.69, 9.17) is 0 Å². The Hall–Kier alpha value is -0.170. The van der Waals surface area contributed by atoms with E-state index in [0.717, 1.165) is 38.8 Å². The van der Waals surface area contributed by atoms with Gasteiger partial charge in [-0.3, -0.25) is 0 Å². The number of nitrogens with zero attached hydrogens (tertiary/aromatic N) is 1. The Morgan fingerprint density at radius 3 is 2.69 bits per heavy atom. The SMILES string of the molecule is CNS(=O)(=O)N1CCCC2(CCCNC2)C1. The quantitative estimate of drug-likeness (QED) is 0.717. The first kappa shape index (κ1) is 12.3. The maximum absolute atomic E-state index is 11.8. The molecule has 0 amide bonds. The van der Waals surface area contributed by atoms with Crippen LogP contribution in [0.1, 0.15) is 25.7 Å². The Bertz CT molecular complexity index is 330. The van der Waals surface area contributed by atoms with Crippen LogP contribution in [0.3, 0.4) is 0 Å². The predicted molar refractivity (Wildman–Crippen MR) is 63.3 cm³/mol. The second-order valence-electron chi connectivity index (χ2n) is 4.93. The van der Waals surface area contributed by atoms with Gasteiger partial charge in [-0.25, -0.2) is 4.72 Å². The fourth-order valence-electron chi connectivity index (χ4n) is 2.88. The van der Waals surface area contributed by atoms with E-state index in [2.05, 4.69) is 10.0 Å². The van der Waals surface area contributed by atoms with Crippen molar-refractivity contribution in [2.24, 2.45) is 5.41 Å². The molecule has 16 heavy (non-hydrogen) atoms. The zero-order valence-electron chi connectivity index (χ0n) is 9.83. The molecule has 0 radical (unpaired) electrons. The van der Waals surface area contributed by atoms with Gasteiger partial charge in [0, 0.05) is 26.7 Å². The molecule has 94 valence electrons. The van der Waals surface area contributed by atoms with Gasteiger partial charge in [-0.05, 0) is 37.6 Å². The molecule has 6 heteroatoms. The molecule has 0 aromatic heterocycles. The van der Waals surface area contributed by atoms with Crippen LogP contribution in [0.15, 0.2) is 0 Å². The minimum Gasteiger partial charge on any atom is -0.316 e. The first-order chi connectivity index (χ1) is 7.58. The van der Waals surface area contributed by atoms with Gasteiger partial charge in [0.15, 0.2) is 0 Å². The molecule has 5 nitrogen and oxygen atoms in total. The van der Waals surface area contributed by atoms with Gasteiger partial charge < -0.3 is 5.32 Å². The maximum atomic E-state index is 11.8. The maximum Gasteiger partial charge on any atom is 0.279 e. The lowest BCUT2D eigenvalue weighted by Gasteiger charge is -2.44. The first-order valence-electron chi connectivity index (χ1n) is 5.97. The lowest BCUT2D eigenvalue weighted by atomic mass is 9.75. The molecule has 0 aliphatic carbocycles. The van der Waals surface area contributed by atoms with Crippen LogP contribution >= 0.6 is 0 Å². The molecular formula is C10H21N3O2S. The summed E-state index contributed by atoms with van der Waals surface area (Å²) in [5.74, 6) is 0. The van der Waals surface area contributed by atoms with Gasteiger partial charge in [0.05, 0.1) is 0 Å². The second kappa shape index (κ2) is 4.60. The Morgan fingerprint density at radius 2 is 2.06 bits per heavy atom. The Balaban J connectivity index is 2.09. The summed E-state index contributed by atoms with van der Waals surface area (Å²) < 4.78 is 27.6. The topological polar surface area (TPSA) is 61.4 Å². The lowest BCUT2D eigenvalue weighted by molar-refractivity contribution is 0.110. The highest BCUT2D eigenvalue weighted by Crippen LogP contribution is 2.36. The van der Waals surface area contributed by atoms with Gasteiger partial charge in [0.1, 0.15) is 0 Å². The third-order valence-corrected chi connectivity index (χ3v) is 5.29. The summed E-state index contributed by atoms with van der Waals surface area (Å²) in [5.41, 5.74) is 0.181. The molecule has 1 atom stereocenters. The largest absolute Gasteiger partial charge is 0.316 e. The van der Waals surface area contributed by atoms with E-state index in [9.17, 15) is 8.42 Å². The number of hydrogen-bond acceptors (Lipinski definition) is 3. The summed E-state index contributed by atoms with van der Waals surface area (Å²) in [4.78, 5) is 0. The van der Waals surface area contributed by atoms with Crippen LogP contribution in [0.5, 0.6) is 0 Å². The average Bonchev–Trinajstić information content (AvgIpc) is 2.30. The van der Waals surface area contributed by atoms with Crippen LogP contribution in [-0.2, 0) is 10.2 Å². The summed E-state index contributed by atoms with van der Waals surface area (Å²) in [7, 11) is -1.76. The highest BCUT2D eigenvalue weighted by atomic mass is 32.2. The highest BCUT2D eigenvalue weighted by molar-refractivity contribution is 7.87. The van der Waals surface area contributed by atoms with Gasteiger partial charge >= 0.3 is 0 Å². The number of hydrogen-bond donors (Lipinski definition) is 2. The van der Waals surface area contributed by atoms with E-state index < -0.39 is 10.2 Å². The molecule has 2 N–H and O–H groups in total. The van der Waals surface area contributed by atoms with Crippen LogP contribution in [0.4, 0.5) is 0 Å². The highest BCUT2D eigenvalue weighted by Gasteiger charge is 2.39. The predicted octanol–water partition coefficient (Wildman–Crippen LogP) is -0.0838. The lowest BCUT2D eigenvalue weighted by Crippen LogP contribution is -2.54. The summed E-state index contributed by atoms with van der Waals surface area (Å²) in [6.45, 7) is 3.36. The third-order valence-electron chi connectivity index (χ3n) is 3.78. The number of rotatable bonds is 2. The zero-order valence-corrected chi connectivity index (χ0v) is 10.6. The van der Waals surface area contributed by atoms with Crippen molar-refractivity contribution < 1.29 is 8.42 Å². The summed E-state index contributed by atoms with van der Waals surface area (Å²) in [6, 6.07) is 0. The van der Waals surface area contributed by atoms with Crippen molar-refractivity contribution in [3.8, 4) is 0 Å². The molecule has 0 bridgehead atoms. The van der Waals surface area contributed by atoms with E-state index >= 15 is 0 Å². The molecule has 2 rings (SSSR count). The molecule has 1 spiro atoms. The fraction of sp³-hybridized carbons (Fsp3) is 1.00. The Kier molecular flexibility index (Phi) is 3.53. The van der Waals surface area contributed by atoms with Crippen LogP contribution in [-0.4, -0.2) is 45.9 Å². The number of piperidine rings is 2. The summed E-state index contributed by atoms with van der Waals surface area (Å²) in [5, 5.41) is 3.39. The molecule has 0 saturated carbocycles. The Labute approximate surface area is 97.8 Å². The minimum atomic E-state index is -3.24. The molecule has 2 fully saturated rings. The Morgan fingerprint density at radius 1 is 1.31 bits per heavy atom. The normalized spacial score (nSPS) is 33.1. The van der Waals surface area contributed by atoms with Crippen molar-refractivity contribution >= 4 is 10.2 Å². The van der Waals surface area contributed by atoms with Crippen molar-refractivity contribution in [3.05, 3.63) is 0 Å². The minimum absolute atomic E-state index is 0.181. The van der Waals surface area contributed by atoms with E-state index in [1.165, 1.54) is 7.05 Å². The zero-order chi connectivity index (χ0) is 11.6. The molecule has 2 aliphatic heterocycles. The third kappa shape index (κ3) is 2.40. The number of nitrogens with one attached hydrogen (secondary N) is 2. The molecule has 2 heterocycles. The molecular weight excluding hydrogens is 226 g/mol.